The van der Waals surface area contributed by atoms with Crippen molar-refractivity contribution in [1.82, 2.24) is 0 Å². The number of rotatable bonds is 14. The van der Waals surface area contributed by atoms with Crippen molar-refractivity contribution in [1.29, 1.82) is 0 Å². The molecule has 0 aliphatic heterocycles. The molecule has 0 N–H and O–H groups in total. The third-order valence-electron chi connectivity index (χ3n) is 5.58. The molecule has 0 aliphatic carbocycles. The third kappa shape index (κ3) is 11.8. The second-order valence-corrected chi connectivity index (χ2v) is 9.50. The molecule has 0 saturated carbocycles. The number of hydrogen-bond acceptors (Lipinski definition) is 8. The van der Waals surface area contributed by atoms with Gasteiger partial charge in [0, 0.05) is 18.3 Å². The van der Waals surface area contributed by atoms with Crippen LogP contribution < -0.4 is 14.2 Å². The molecule has 0 radical (unpaired) electrons. The number of carbonyl (C=O) groups is 3. The van der Waals surface area contributed by atoms with Crippen molar-refractivity contribution >= 4 is 18.2 Å². The summed E-state index contributed by atoms with van der Waals surface area (Å²) in [4.78, 5) is 32.7. The Labute approximate surface area is 253 Å². The first-order valence-corrected chi connectivity index (χ1v) is 13.5. The van der Waals surface area contributed by atoms with E-state index in [0.29, 0.717) is 47.2 Å². The van der Waals surface area contributed by atoms with E-state index in [0.717, 1.165) is 28.5 Å². The smallest absolute Gasteiger partial charge is 0.338 e. The van der Waals surface area contributed by atoms with Gasteiger partial charge in [0.05, 0.1) is 6.61 Å². The van der Waals surface area contributed by atoms with Crippen molar-refractivity contribution in [3.8, 4) is 39.5 Å². The van der Waals surface area contributed by atoms with E-state index in [2.05, 4.69) is 19.7 Å². The van der Waals surface area contributed by atoms with Gasteiger partial charge in [0.25, 0.3) is 0 Å². The molecule has 0 saturated heterocycles. The maximum atomic E-state index is 11.7. The van der Waals surface area contributed by atoms with Crippen LogP contribution in [0.3, 0.4) is 0 Å². The Morgan fingerprint density at radius 2 is 1.12 bits per heavy atom. The Kier molecular flexibility index (Phi) is 14.2. The van der Waals surface area contributed by atoms with Gasteiger partial charge in [0.15, 0.2) is 11.5 Å². The summed E-state index contributed by atoms with van der Waals surface area (Å²) in [5.41, 5.74) is 5.22. The molecule has 8 nitrogen and oxygen atoms in total. The molecule has 0 unspecified atom stereocenters. The van der Waals surface area contributed by atoms with E-state index < -0.39 is 11.9 Å². The lowest BCUT2D eigenvalue weighted by atomic mass is 10.00. The predicted molar refractivity (Wildman–Crippen MR) is 167 cm³/mol. The Morgan fingerprint density at radius 1 is 0.651 bits per heavy atom. The highest BCUT2D eigenvalue weighted by Crippen LogP contribution is 2.34. The van der Waals surface area contributed by atoms with Gasteiger partial charge in [0.1, 0.15) is 31.9 Å². The first-order chi connectivity index (χ1) is 20.5. The number of ether oxygens (including phenoxy) is 5. The molecular formula is C35H38O8. The van der Waals surface area contributed by atoms with E-state index in [1.807, 2.05) is 54.6 Å². The summed E-state index contributed by atoms with van der Waals surface area (Å²) in [6.45, 7) is 16.4. The Morgan fingerprint density at radius 3 is 1.63 bits per heavy atom. The van der Waals surface area contributed by atoms with Crippen LogP contribution in [0.15, 0.2) is 103 Å². The molecular weight excluding hydrogens is 548 g/mol. The quantitative estimate of drug-likeness (QED) is 0.0670. The Hall–Kier alpha value is -4.95. The van der Waals surface area contributed by atoms with Gasteiger partial charge >= 0.3 is 11.9 Å². The molecule has 0 aromatic heterocycles. The second kappa shape index (κ2) is 17.8. The van der Waals surface area contributed by atoms with Crippen molar-refractivity contribution < 1.29 is 38.1 Å². The number of benzene rings is 3. The number of hydrogen-bond donors (Lipinski definition) is 0. The lowest BCUT2D eigenvalue weighted by molar-refractivity contribution is -0.139. The average Bonchev–Trinajstić information content (AvgIpc) is 3.00. The average molecular weight is 587 g/mol. The van der Waals surface area contributed by atoms with Crippen LogP contribution in [0, 0.1) is 0 Å². The minimum Gasteiger partial charge on any atom is -0.487 e. The monoisotopic (exact) mass is 586 g/mol. The normalized spacial score (nSPS) is 9.95. The summed E-state index contributed by atoms with van der Waals surface area (Å²) in [5, 5.41) is 0. The number of esters is 2. The van der Waals surface area contributed by atoms with Gasteiger partial charge in [-0.05, 0) is 72.9 Å². The second-order valence-electron chi connectivity index (χ2n) is 9.50. The van der Waals surface area contributed by atoms with E-state index in [4.69, 9.17) is 23.7 Å². The number of allylic oxidation sites excluding steroid dienone is 1. The van der Waals surface area contributed by atoms with Gasteiger partial charge in [-0.15, -0.1) is 0 Å². The van der Waals surface area contributed by atoms with Crippen LogP contribution >= 0.6 is 0 Å². The van der Waals surface area contributed by atoms with Gasteiger partial charge in [-0.1, -0.05) is 62.2 Å². The van der Waals surface area contributed by atoms with E-state index in [1.54, 1.807) is 40.0 Å². The van der Waals surface area contributed by atoms with E-state index in [9.17, 15) is 14.4 Å². The third-order valence-corrected chi connectivity index (χ3v) is 5.58. The lowest BCUT2D eigenvalue weighted by Gasteiger charge is -2.15. The van der Waals surface area contributed by atoms with Gasteiger partial charge in [-0.25, -0.2) is 9.59 Å². The highest BCUT2D eigenvalue weighted by atomic mass is 16.6. The van der Waals surface area contributed by atoms with Gasteiger partial charge < -0.3 is 23.7 Å². The van der Waals surface area contributed by atoms with Gasteiger partial charge in [-0.3, -0.25) is 4.79 Å². The van der Waals surface area contributed by atoms with Crippen molar-refractivity contribution in [3.05, 3.63) is 103 Å². The Bertz CT molecular complexity index is 1420. The maximum Gasteiger partial charge on any atom is 0.338 e. The largest absolute Gasteiger partial charge is 0.487 e. The minimum atomic E-state index is -0.453. The molecule has 8 heteroatoms. The van der Waals surface area contributed by atoms with Crippen molar-refractivity contribution in [2.75, 3.05) is 33.5 Å². The van der Waals surface area contributed by atoms with Crippen molar-refractivity contribution in [2.24, 2.45) is 0 Å². The van der Waals surface area contributed by atoms with Crippen LogP contribution in [0.25, 0.3) is 22.3 Å². The molecule has 226 valence electrons. The maximum absolute atomic E-state index is 11.7. The molecule has 0 aliphatic rings. The zero-order valence-corrected chi connectivity index (χ0v) is 25.1. The highest BCUT2D eigenvalue weighted by molar-refractivity contribution is 5.89. The molecule has 3 aromatic carbocycles. The summed E-state index contributed by atoms with van der Waals surface area (Å²) in [6, 6.07) is 21.1. The highest BCUT2D eigenvalue weighted by Gasteiger charge is 2.11. The predicted octanol–water partition coefficient (Wildman–Crippen LogP) is 6.79. The zero-order chi connectivity index (χ0) is 31.8. The van der Waals surface area contributed by atoms with Crippen molar-refractivity contribution in [2.45, 2.75) is 20.8 Å². The lowest BCUT2D eigenvalue weighted by Crippen LogP contribution is -2.13. The zero-order valence-electron chi connectivity index (χ0n) is 25.1. The Balaban J connectivity index is 0.00000119. The summed E-state index contributed by atoms with van der Waals surface area (Å²) >= 11 is 0. The van der Waals surface area contributed by atoms with Crippen LogP contribution in [0.2, 0.25) is 0 Å². The number of carbonyl (C=O) groups excluding carboxylic acids is 3. The standard InChI is InChI=1S/C31H32O7.C4H6O/c1-21(2)30(32)37-19-18-35-28-15-12-26(20-29(28)36-17-16-34-5)25-8-6-23(7-9-25)24-10-13-27(14-11-24)38-31(33)22(3)4;1-4(2)3-5/h6-15,20H,1,3,16-19H2,2,4-5H3;3H,1H2,2H3. The van der Waals surface area contributed by atoms with Crippen molar-refractivity contribution in [3.63, 3.8) is 0 Å². The fourth-order valence-electron chi connectivity index (χ4n) is 3.33. The topological polar surface area (TPSA) is 97.4 Å². The van der Waals surface area contributed by atoms with E-state index in [1.165, 1.54) is 0 Å². The van der Waals surface area contributed by atoms with Crippen LogP contribution in [0.5, 0.6) is 17.2 Å². The SMILES string of the molecule is C=C(C)C(=O)OCCOc1ccc(-c2ccc(-c3ccc(OC(=O)C(=C)C)cc3)cc2)cc1OCCOC.C=C(C)C=O. The van der Waals surface area contributed by atoms with Gasteiger partial charge in [-0.2, -0.15) is 0 Å². The first-order valence-electron chi connectivity index (χ1n) is 13.5. The fraction of sp³-hybridized carbons (Fsp3) is 0.229. The molecule has 0 spiro atoms. The van der Waals surface area contributed by atoms with Crippen LogP contribution in [0.4, 0.5) is 0 Å². The molecule has 0 atom stereocenters. The van der Waals surface area contributed by atoms with Crippen LogP contribution in [-0.2, 0) is 23.9 Å². The summed E-state index contributed by atoms with van der Waals surface area (Å²) < 4.78 is 27.1. The molecule has 0 fully saturated rings. The molecule has 0 bridgehead atoms. The summed E-state index contributed by atoms with van der Waals surface area (Å²) in [5.74, 6) is 0.673. The molecule has 43 heavy (non-hydrogen) atoms. The van der Waals surface area contributed by atoms with E-state index >= 15 is 0 Å². The summed E-state index contributed by atoms with van der Waals surface area (Å²) in [7, 11) is 1.61. The molecule has 3 rings (SSSR count). The first kappa shape index (κ1) is 34.3. The molecule has 0 heterocycles. The number of aldehydes is 1. The minimum absolute atomic E-state index is 0.101. The van der Waals surface area contributed by atoms with Crippen LogP contribution in [0.1, 0.15) is 20.8 Å². The molecule has 3 aromatic rings. The molecule has 0 amide bonds. The van der Waals surface area contributed by atoms with E-state index in [-0.39, 0.29) is 13.2 Å². The van der Waals surface area contributed by atoms with Gasteiger partial charge in [0.2, 0.25) is 0 Å². The van der Waals surface area contributed by atoms with Crippen LogP contribution in [-0.4, -0.2) is 51.8 Å². The fourth-order valence-corrected chi connectivity index (χ4v) is 3.33. The number of methoxy groups -OCH3 is 1. The summed E-state index contributed by atoms with van der Waals surface area (Å²) in [6.07, 6.45) is 0.722.